The maximum Gasteiger partial charge on any atom is 0.251 e. The van der Waals surface area contributed by atoms with Crippen LogP contribution in [0.3, 0.4) is 0 Å². The summed E-state index contributed by atoms with van der Waals surface area (Å²) in [5.41, 5.74) is 7.64. The normalized spacial score (nSPS) is 11.7. The molecule has 2 aromatic rings. The van der Waals surface area contributed by atoms with Gasteiger partial charge in [-0.2, -0.15) is 0 Å². The van der Waals surface area contributed by atoms with Crippen molar-refractivity contribution in [2.75, 3.05) is 13.1 Å². The van der Waals surface area contributed by atoms with Crippen LogP contribution in [0.15, 0.2) is 59.6 Å². The molecule has 0 aliphatic heterocycles. The standard InChI is InChI=1S/C21H27N5O2.HI/c1-3-23-21(26-15(2)17-7-5-4-6-8-17)25-13-16-9-11-18(12-10-16)20(28)24-14-19(22)27;/h4-12,15H,3,13-14H2,1-2H3,(H2,22,27)(H,24,28)(H2,23,25,26);1H. The summed E-state index contributed by atoms with van der Waals surface area (Å²) in [7, 11) is 0. The second-order valence-electron chi connectivity index (χ2n) is 6.32. The van der Waals surface area contributed by atoms with Crippen molar-refractivity contribution in [3.8, 4) is 0 Å². The van der Waals surface area contributed by atoms with Crippen LogP contribution in [-0.4, -0.2) is 30.9 Å². The fourth-order valence-electron chi connectivity index (χ4n) is 2.55. The number of carbonyl (C=O) groups excluding carboxylic acids is 2. The van der Waals surface area contributed by atoms with Crippen LogP contribution in [0.2, 0.25) is 0 Å². The minimum Gasteiger partial charge on any atom is -0.368 e. The number of nitrogens with two attached hydrogens (primary N) is 1. The third-order valence-electron chi connectivity index (χ3n) is 4.06. The molecule has 0 aliphatic carbocycles. The minimum atomic E-state index is -0.576. The largest absolute Gasteiger partial charge is 0.368 e. The molecule has 7 nitrogen and oxygen atoms in total. The summed E-state index contributed by atoms with van der Waals surface area (Å²) in [5.74, 6) is -0.185. The summed E-state index contributed by atoms with van der Waals surface area (Å²) >= 11 is 0. The van der Waals surface area contributed by atoms with E-state index in [1.165, 1.54) is 5.56 Å². The SMILES string of the molecule is CCNC(=NCc1ccc(C(=O)NCC(N)=O)cc1)NC(C)c1ccccc1.I. The maximum absolute atomic E-state index is 11.9. The average molecular weight is 509 g/mol. The van der Waals surface area contributed by atoms with Crippen molar-refractivity contribution in [1.82, 2.24) is 16.0 Å². The Morgan fingerprint density at radius 2 is 1.69 bits per heavy atom. The first-order chi connectivity index (χ1) is 13.5. The van der Waals surface area contributed by atoms with Gasteiger partial charge in [0.1, 0.15) is 0 Å². The van der Waals surface area contributed by atoms with Crippen molar-refractivity contribution < 1.29 is 9.59 Å². The average Bonchev–Trinajstić information content (AvgIpc) is 2.71. The molecule has 0 saturated carbocycles. The van der Waals surface area contributed by atoms with Crippen molar-refractivity contribution in [3.63, 3.8) is 0 Å². The molecular formula is C21H28IN5O2. The number of nitrogens with zero attached hydrogens (tertiary/aromatic N) is 1. The number of hydrogen-bond acceptors (Lipinski definition) is 3. The third kappa shape index (κ3) is 8.51. The van der Waals surface area contributed by atoms with Crippen molar-refractivity contribution in [2.24, 2.45) is 10.7 Å². The van der Waals surface area contributed by atoms with Gasteiger partial charge in [-0.05, 0) is 37.1 Å². The van der Waals surface area contributed by atoms with Gasteiger partial charge in [-0.25, -0.2) is 4.99 Å². The van der Waals surface area contributed by atoms with Crippen LogP contribution < -0.4 is 21.7 Å². The summed E-state index contributed by atoms with van der Waals surface area (Å²) in [4.78, 5) is 27.3. The van der Waals surface area contributed by atoms with Crippen LogP contribution >= 0.6 is 24.0 Å². The van der Waals surface area contributed by atoms with Gasteiger partial charge in [-0.3, -0.25) is 9.59 Å². The zero-order chi connectivity index (χ0) is 20.4. The number of halogens is 1. The van der Waals surface area contributed by atoms with Crippen molar-refractivity contribution in [3.05, 3.63) is 71.3 Å². The number of carbonyl (C=O) groups is 2. The summed E-state index contributed by atoms with van der Waals surface area (Å²) in [5, 5.41) is 9.09. The maximum atomic E-state index is 11.9. The van der Waals surface area contributed by atoms with Gasteiger partial charge in [0.2, 0.25) is 5.91 Å². The van der Waals surface area contributed by atoms with E-state index in [-0.39, 0.29) is 42.5 Å². The lowest BCUT2D eigenvalue weighted by Gasteiger charge is -2.18. The molecule has 2 rings (SSSR count). The number of benzene rings is 2. The highest BCUT2D eigenvalue weighted by atomic mass is 127. The van der Waals surface area contributed by atoms with Crippen LogP contribution in [0.1, 0.15) is 41.4 Å². The smallest absolute Gasteiger partial charge is 0.251 e. The van der Waals surface area contributed by atoms with Crippen LogP contribution in [-0.2, 0) is 11.3 Å². The molecule has 5 N–H and O–H groups in total. The Balaban J connectivity index is 0.00000420. The Morgan fingerprint density at radius 3 is 2.28 bits per heavy atom. The molecule has 1 atom stereocenters. The van der Waals surface area contributed by atoms with Gasteiger partial charge < -0.3 is 21.7 Å². The summed E-state index contributed by atoms with van der Waals surface area (Å²) in [6.07, 6.45) is 0. The van der Waals surface area contributed by atoms with E-state index in [1.54, 1.807) is 12.1 Å². The van der Waals surface area contributed by atoms with Gasteiger partial charge in [-0.1, -0.05) is 42.5 Å². The van der Waals surface area contributed by atoms with E-state index in [0.29, 0.717) is 12.1 Å². The lowest BCUT2D eigenvalue weighted by molar-refractivity contribution is -0.117. The molecule has 2 amide bonds. The van der Waals surface area contributed by atoms with E-state index in [0.717, 1.165) is 18.1 Å². The van der Waals surface area contributed by atoms with E-state index in [9.17, 15) is 9.59 Å². The van der Waals surface area contributed by atoms with Crippen molar-refractivity contribution >= 4 is 41.8 Å². The number of amides is 2. The van der Waals surface area contributed by atoms with Gasteiger partial charge in [-0.15, -0.1) is 24.0 Å². The highest BCUT2D eigenvalue weighted by Crippen LogP contribution is 2.11. The van der Waals surface area contributed by atoms with E-state index in [2.05, 4.69) is 40.0 Å². The predicted octanol–water partition coefficient (Wildman–Crippen LogP) is 2.34. The lowest BCUT2D eigenvalue weighted by Crippen LogP contribution is -2.38. The Morgan fingerprint density at radius 1 is 1.03 bits per heavy atom. The molecule has 0 bridgehead atoms. The number of primary amides is 1. The molecule has 2 aromatic carbocycles. The fraction of sp³-hybridized carbons (Fsp3) is 0.286. The molecule has 8 heteroatoms. The second kappa shape index (κ2) is 12.8. The Bertz CT molecular complexity index is 810. The number of guanidine groups is 1. The van der Waals surface area contributed by atoms with Gasteiger partial charge >= 0.3 is 0 Å². The zero-order valence-electron chi connectivity index (χ0n) is 16.6. The number of nitrogens with one attached hydrogen (secondary N) is 3. The van der Waals surface area contributed by atoms with Crippen molar-refractivity contribution in [1.29, 1.82) is 0 Å². The summed E-state index contributed by atoms with van der Waals surface area (Å²) < 4.78 is 0. The van der Waals surface area contributed by atoms with E-state index in [1.807, 2.05) is 37.3 Å². The number of aliphatic imine (C=N–C) groups is 1. The number of hydrogen-bond donors (Lipinski definition) is 4. The lowest BCUT2D eigenvalue weighted by atomic mass is 10.1. The minimum absolute atomic E-state index is 0. The molecule has 0 fully saturated rings. The van der Waals surface area contributed by atoms with Crippen LogP contribution in [0.5, 0.6) is 0 Å². The first-order valence-corrected chi connectivity index (χ1v) is 9.24. The van der Waals surface area contributed by atoms with Gasteiger partial charge in [0.25, 0.3) is 5.91 Å². The first-order valence-electron chi connectivity index (χ1n) is 9.24. The molecular weight excluding hydrogens is 481 g/mol. The monoisotopic (exact) mass is 509 g/mol. The Kier molecular flexibility index (Phi) is 10.7. The molecule has 156 valence electrons. The quantitative estimate of drug-likeness (QED) is 0.249. The van der Waals surface area contributed by atoms with Crippen LogP contribution in [0.25, 0.3) is 0 Å². The molecule has 0 heterocycles. The Hall–Kier alpha value is -2.62. The molecule has 0 aromatic heterocycles. The summed E-state index contributed by atoms with van der Waals surface area (Å²) in [6.45, 7) is 5.15. The molecule has 0 saturated heterocycles. The summed E-state index contributed by atoms with van der Waals surface area (Å²) in [6, 6.07) is 17.4. The van der Waals surface area contributed by atoms with Crippen LogP contribution in [0, 0.1) is 0 Å². The fourth-order valence-corrected chi connectivity index (χ4v) is 2.55. The van der Waals surface area contributed by atoms with Crippen molar-refractivity contribution in [2.45, 2.75) is 26.4 Å². The predicted molar refractivity (Wildman–Crippen MR) is 126 cm³/mol. The highest BCUT2D eigenvalue weighted by Gasteiger charge is 2.08. The number of rotatable bonds is 8. The molecule has 0 radical (unpaired) electrons. The van der Waals surface area contributed by atoms with Gasteiger partial charge in [0, 0.05) is 12.1 Å². The Labute approximate surface area is 188 Å². The molecule has 0 aliphatic rings. The topological polar surface area (TPSA) is 109 Å². The molecule has 29 heavy (non-hydrogen) atoms. The van der Waals surface area contributed by atoms with E-state index < -0.39 is 5.91 Å². The highest BCUT2D eigenvalue weighted by molar-refractivity contribution is 14.0. The molecule has 1 unspecified atom stereocenters. The van der Waals surface area contributed by atoms with E-state index in [4.69, 9.17) is 5.73 Å². The van der Waals surface area contributed by atoms with Gasteiger partial charge in [0.15, 0.2) is 5.96 Å². The van der Waals surface area contributed by atoms with E-state index >= 15 is 0 Å². The third-order valence-corrected chi connectivity index (χ3v) is 4.06. The second-order valence-corrected chi connectivity index (χ2v) is 6.32. The zero-order valence-corrected chi connectivity index (χ0v) is 19.0. The van der Waals surface area contributed by atoms with Gasteiger partial charge in [0.05, 0.1) is 19.1 Å². The van der Waals surface area contributed by atoms with Crippen LogP contribution in [0.4, 0.5) is 0 Å². The first kappa shape index (κ1) is 24.4. The molecule has 0 spiro atoms.